The molecule has 0 unspecified atom stereocenters. The maximum Gasteiger partial charge on any atom is 0.227 e. The fourth-order valence-corrected chi connectivity index (χ4v) is 4.47. The number of ether oxygens (including phenoxy) is 1. The molecule has 0 fully saturated rings. The summed E-state index contributed by atoms with van der Waals surface area (Å²) in [6.07, 6.45) is 0. The number of pyridine rings is 1. The molecule has 30 heavy (non-hydrogen) atoms. The monoisotopic (exact) mass is 415 g/mol. The van der Waals surface area contributed by atoms with Gasteiger partial charge >= 0.3 is 0 Å². The number of rotatable bonds is 1. The van der Waals surface area contributed by atoms with Crippen molar-refractivity contribution in [3.63, 3.8) is 0 Å². The minimum Gasteiger partial charge on any atom is -0.438 e. The second-order valence-electron chi connectivity index (χ2n) is 7.20. The number of fused-ring (bicyclic) bond motifs is 2. The van der Waals surface area contributed by atoms with Crippen molar-refractivity contribution >= 4 is 23.1 Å². The van der Waals surface area contributed by atoms with Gasteiger partial charge in [-0.15, -0.1) is 0 Å². The lowest BCUT2D eigenvalue weighted by Gasteiger charge is -2.46. The zero-order chi connectivity index (χ0) is 21.0. The standard InChI is InChI=1S/C22H14ClN5O2/c23-12-6-7-16-13(8-12)17-15(10-25)22(29,11-4-2-1-3-5-11)28-19-14(9-24)20(26)27-21(30-16)18(17)19/h1-8,15,17,28-29H,(H2,26,27)/t15-,17+,22+/m1/s1. The first-order valence-corrected chi connectivity index (χ1v) is 9.52. The molecular formula is C22H14ClN5O2. The van der Waals surface area contributed by atoms with Crippen molar-refractivity contribution in [1.29, 1.82) is 10.5 Å². The zero-order valence-corrected chi connectivity index (χ0v) is 16.2. The summed E-state index contributed by atoms with van der Waals surface area (Å²) in [7, 11) is 0. The lowest BCUT2D eigenvalue weighted by atomic mass is 9.69. The molecule has 0 bridgehead atoms. The molecule has 0 amide bonds. The Morgan fingerprint density at radius 3 is 2.67 bits per heavy atom. The summed E-state index contributed by atoms with van der Waals surface area (Å²) < 4.78 is 5.94. The van der Waals surface area contributed by atoms with Gasteiger partial charge in [0.15, 0.2) is 5.72 Å². The minimum absolute atomic E-state index is 0.0271. The van der Waals surface area contributed by atoms with Crippen LogP contribution in [0.4, 0.5) is 11.5 Å². The first-order chi connectivity index (χ1) is 14.5. The maximum atomic E-state index is 11.8. The molecular weight excluding hydrogens is 402 g/mol. The van der Waals surface area contributed by atoms with Crippen LogP contribution in [0.3, 0.4) is 0 Å². The highest BCUT2D eigenvalue weighted by Gasteiger charge is 2.53. The van der Waals surface area contributed by atoms with E-state index >= 15 is 0 Å². The predicted octanol–water partition coefficient (Wildman–Crippen LogP) is 3.84. The Morgan fingerprint density at radius 2 is 1.97 bits per heavy atom. The Kier molecular flexibility index (Phi) is 3.87. The third kappa shape index (κ3) is 2.37. The van der Waals surface area contributed by atoms with Crippen LogP contribution in [0.1, 0.15) is 28.2 Å². The van der Waals surface area contributed by atoms with Gasteiger partial charge in [-0.1, -0.05) is 41.9 Å². The second-order valence-corrected chi connectivity index (χ2v) is 7.64. The number of halogens is 1. The fraction of sp³-hybridized carbons (Fsp3) is 0.136. The van der Waals surface area contributed by atoms with E-state index in [0.717, 1.165) is 0 Å². The third-order valence-corrected chi connectivity index (χ3v) is 5.85. The van der Waals surface area contributed by atoms with Crippen molar-refractivity contribution in [3.8, 4) is 23.8 Å². The number of nitrogens with zero attached hydrogens (tertiary/aromatic N) is 3. The molecule has 1 aromatic heterocycles. The average molecular weight is 416 g/mol. The number of hydrogen-bond donors (Lipinski definition) is 3. The van der Waals surface area contributed by atoms with Gasteiger partial charge in [-0.05, 0) is 18.2 Å². The quantitative estimate of drug-likeness (QED) is 0.550. The highest BCUT2D eigenvalue weighted by molar-refractivity contribution is 6.30. The van der Waals surface area contributed by atoms with Crippen molar-refractivity contribution in [2.75, 3.05) is 11.1 Å². The lowest BCUT2D eigenvalue weighted by Crippen LogP contribution is -2.49. The van der Waals surface area contributed by atoms with Gasteiger partial charge in [0.1, 0.15) is 29.1 Å². The molecule has 0 spiro atoms. The van der Waals surface area contributed by atoms with E-state index in [0.29, 0.717) is 33.1 Å². The van der Waals surface area contributed by atoms with Crippen LogP contribution in [0.2, 0.25) is 5.02 Å². The predicted molar refractivity (Wildman–Crippen MR) is 110 cm³/mol. The molecule has 0 saturated heterocycles. The van der Waals surface area contributed by atoms with Crippen LogP contribution in [0.25, 0.3) is 0 Å². The molecule has 146 valence electrons. The summed E-state index contributed by atoms with van der Waals surface area (Å²) in [6.45, 7) is 0. The normalized spacial score (nSPS) is 23.1. The average Bonchev–Trinajstić information content (AvgIpc) is 2.74. The van der Waals surface area contributed by atoms with Gasteiger partial charge in [-0.2, -0.15) is 15.5 Å². The van der Waals surface area contributed by atoms with E-state index < -0.39 is 17.6 Å². The Balaban J connectivity index is 1.87. The number of aromatic nitrogens is 1. The Labute approximate surface area is 176 Å². The molecule has 3 aromatic rings. The van der Waals surface area contributed by atoms with Crippen LogP contribution >= 0.6 is 11.6 Å². The number of benzene rings is 2. The summed E-state index contributed by atoms with van der Waals surface area (Å²) in [4.78, 5) is 4.26. The van der Waals surface area contributed by atoms with Crippen LogP contribution in [-0.4, -0.2) is 10.1 Å². The van der Waals surface area contributed by atoms with Gasteiger partial charge < -0.3 is 20.9 Å². The van der Waals surface area contributed by atoms with Gasteiger partial charge in [-0.3, -0.25) is 0 Å². The Hall–Kier alpha value is -3.78. The number of hydrogen-bond acceptors (Lipinski definition) is 7. The fourth-order valence-electron chi connectivity index (χ4n) is 4.29. The van der Waals surface area contributed by atoms with Gasteiger partial charge in [0.05, 0.1) is 11.8 Å². The molecule has 2 aliphatic heterocycles. The van der Waals surface area contributed by atoms with Gasteiger partial charge in [0.2, 0.25) is 5.88 Å². The molecule has 0 saturated carbocycles. The molecule has 0 radical (unpaired) electrons. The largest absolute Gasteiger partial charge is 0.438 e. The second kappa shape index (κ2) is 6.36. The number of anilines is 2. The first-order valence-electron chi connectivity index (χ1n) is 9.14. The number of nitrogens with one attached hydrogen (secondary N) is 1. The molecule has 3 atom stereocenters. The molecule has 0 aliphatic carbocycles. The first kappa shape index (κ1) is 18.3. The smallest absolute Gasteiger partial charge is 0.227 e. The van der Waals surface area contributed by atoms with E-state index in [9.17, 15) is 15.6 Å². The molecule has 5 rings (SSSR count). The van der Waals surface area contributed by atoms with E-state index in [1.165, 1.54) is 0 Å². The lowest BCUT2D eigenvalue weighted by molar-refractivity contribution is 0.0138. The number of nitrogen functional groups attached to an aromatic ring is 1. The van der Waals surface area contributed by atoms with Crippen LogP contribution in [-0.2, 0) is 5.72 Å². The Bertz CT molecular complexity index is 1280. The molecule has 2 aliphatic rings. The molecule has 2 aromatic carbocycles. The van der Waals surface area contributed by atoms with Crippen molar-refractivity contribution in [2.45, 2.75) is 11.6 Å². The van der Waals surface area contributed by atoms with Crippen LogP contribution in [0, 0.1) is 28.6 Å². The summed E-state index contributed by atoms with van der Waals surface area (Å²) in [5, 5.41) is 35.2. The third-order valence-electron chi connectivity index (χ3n) is 5.62. The highest BCUT2D eigenvalue weighted by atomic mass is 35.5. The molecule has 7 nitrogen and oxygen atoms in total. The molecule has 3 heterocycles. The van der Waals surface area contributed by atoms with E-state index in [-0.39, 0.29) is 17.3 Å². The van der Waals surface area contributed by atoms with E-state index in [1.807, 2.05) is 6.07 Å². The van der Waals surface area contributed by atoms with Crippen LogP contribution in [0.15, 0.2) is 48.5 Å². The summed E-state index contributed by atoms with van der Waals surface area (Å²) in [5.74, 6) is -0.972. The molecule has 8 heteroatoms. The van der Waals surface area contributed by atoms with Crippen molar-refractivity contribution in [2.24, 2.45) is 5.92 Å². The van der Waals surface area contributed by atoms with E-state index in [2.05, 4.69) is 22.4 Å². The minimum atomic E-state index is -1.79. The SMILES string of the molecule is N#Cc1c(N)nc2c3c1N[C@](O)(c1ccccc1)[C@H](C#N)[C@@H]3c1cc(Cl)ccc1O2. The Morgan fingerprint density at radius 1 is 1.20 bits per heavy atom. The van der Waals surface area contributed by atoms with Crippen LogP contribution < -0.4 is 15.8 Å². The number of nitrogens with two attached hydrogens (primary N) is 1. The van der Waals surface area contributed by atoms with Crippen molar-refractivity contribution < 1.29 is 9.84 Å². The number of aliphatic hydroxyl groups is 1. The maximum absolute atomic E-state index is 11.8. The topological polar surface area (TPSA) is 128 Å². The van der Waals surface area contributed by atoms with Gasteiger partial charge in [0, 0.05) is 27.6 Å². The van der Waals surface area contributed by atoms with Crippen molar-refractivity contribution in [1.82, 2.24) is 4.98 Å². The molecule has 4 N–H and O–H groups in total. The van der Waals surface area contributed by atoms with Crippen molar-refractivity contribution in [3.05, 3.63) is 75.8 Å². The van der Waals surface area contributed by atoms with E-state index in [4.69, 9.17) is 22.1 Å². The summed E-state index contributed by atoms with van der Waals surface area (Å²) >= 11 is 6.24. The summed E-state index contributed by atoms with van der Waals surface area (Å²) in [5.41, 5.74) is 6.23. The highest BCUT2D eigenvalue weighted by Crippen LogP contribution is 2.58. The zero-order valence-electron chi connectivity index (χ0n) is 15.4. The van der Waals surface area contributed by atoms with Gasteiger partial charge in [0.25, 0.3) is 0 Å². The summed E-state index contributed by atoms with van der Waals surface area (Å²) in [6, 6.07) is 18.2. The van der Waals surface area contributed by atoms with Gasteiger partial charge in [-0.25, -0.2) is 0 Å². The van der Waals surface area contributed by atoms with E-state index in [1.54, 1.807) is 42.5 Å². The van der Waals surface area contributed by atoms with Crippen LogP contribution in [0.5, 0.6) is 11.6 Å². The number of nitriles is 2.